The lowest BCUT2D eigenvalue weighted by Gasteiger charge is -2.12. The molecule has 1 rings (SSSR count). The largest absolute Gasteiger partial charge is 0.480 e. The van der Waals surface area contributed by atoms with Crippen molar-refractivity contribution >= 4 is 35.0 Å². The van der Waals surface area contributed by atoms with Gasteiger partial charge in [0, 0.05) is 4.88 Å². The standard InChI is InChI=1S/C12H18N2O3S2/c1-8(10-3-2-5-19-10)14-11(15)7-18-6-4-9(13)12(16)17/h2-3,5,8-9H,4,6-7,13H2,1H3,(H,14,15)(H,16,17). The highest BCUT2D eigenvalue weighted by molar-refractivity contribution is 7.99. The topological polar surface area (TPSA) is 92.4 Å². The van der Waals surface area contributed by atoms with Crippen LogP contribution in [0.4, 0.5) is 0 Å². The molecule has 0 fully saturated rings. The monoisotopic (exact) mass is 302 g/mol. The first-order valence-electron chi connectivity index (χ1n) is 5.89. The summed E-state index contributed by atoms with van der Waals surface area (Å²) in [4.78, 5) is 23.3. The summed E-state index contributed by atoms with van der Waals surface area (Å²) in [5.74, 6) is -0.165. The van der Waals surface area contributed by atoms with Crippen LogP contribution in [0, 0.1) is 0 Å². The van der Waals surface area contributed by atoms with Crippen molar-refractivity contribution in [1.82, 2.24) is 5.32 Å². The van der Waals surface area contributed by atoms with E-state index in [9.17, 15) is 9.59 Å². The number of carboxylic acids is 1. The number of carbonyl (C=O) groups excluding carboxylic acids is 1. The zero-order chi connectivity index (χ0) is 14.3. The van der Waals surface area contributed by atoms with Crippen molar-refractivity contribution in [3.05, 3.63) is 22.4 Å². The molecule has 0 aliphatic heterocycles. The minimum absolute atomic E-state index is 0.00868. The van der Waals surface area contributed by atoms with E-state index in [1.54, 1.807) is 11.3 Å². The molecule has 1 aromatic rings. The molecule has 0 aromatic carbocycles. The van der Waals surface area contributed by atoms with Gasteiger partial charge in [-0.3, -0.25) is 9.59 Å². The molecule has 7 heteroatoms. The van der Waals surface area contributed by atoms with Gasteiger partial charge in [0.15, 0.2) is 0 Å². The molecule has 0 saturated carbocycles. The van der Waals surface area contributed by atoms with Crippen LogP contribution in [0.15, 0.2) is 17.5 Å². The second kappa shape index (κ2) is 8.19. The first-order valence-corrected chi connectivity index (χ1v) is 7.93. The Labute approximate surface area is 120 Å². The van der Waals surface area contributed by atoms with E-state index in [0.717, 1.165) is 4.88 Å². The molecule has 1 aromatic heterocycles. The Balaban J connectivity index is 2.16. The second-order valence-electron chi connectivity index (χ2n) is 4.09. The van der Waals surface area contributed by atoms with E-state index in [-0.39, 0.29) is 11.9 Å². The average Bonchev–Trinajstić information content (AvgIpc) is 2.87. The smallest absolute Gasteiger partial charge is 0.320 e. The van der Waals surface area contributed by atoms with Crippen molar-refractivity contribution in [2.24, 2.45) is 5.73 Å². The van der Waals surface area contributed by atoms with Crippen molar-refractivity contribution in [2.45, 2.75) is 25.4 Å². The Hall–Kier alpha value is -1.05. The molecule has 4 N–H and O–H groups in total. The number of hydrogen-bond donors (Lipinski definition) is 3. The van der Waals surface area contributed by atoms with E-state index in [4.69, 9.17) is 10.8 Å². The highest BCUT2D eigenvalue weighted by Gasteiger charge is 2.12. The van der Waals surface area contributed by atoms with Crippen molar-refractivity contribution in [2.75, 3.05) is 11.5 Å². The van der Waals surface area contributed by atoms with E-state index in [2.05, 4.69) is 5.32 Å². The first kappa shape index (κ1) is 16.0. The van der Waals surface area contributed by atoms with E-state index in [1.807, 2.05) is 24.4 Å². The molecule has 0 saturated heterocycles. The van der Waals surface area contributed by atoms with Gasteiger partial charge in [-0.2, -0.15) is 11.8 Å². The lowest BCUT2D eigenvalue weighted by Crippen LogP contribution is -2.31. The molecule has 5 nitrogen and oxygen atoms in total. The zero-order valence-electron chi connectivity index (χ0n) is 10.7. The maximum Gasteiger partial charge on any atom is 0.320 e. The molecule has 0 spiro atoms. The van der Waals surface area contributed by atoms with Gasteiger partial charge in [-0.1, -0.05) is 6.07 Å². The quantitative estimate of drug-likeness (QED) is 0.632. The van der Waals surface area contributed by atoms with Crippen molar-refractivity contribution in [3.8, 4) is 0 Å². The van der Waals surface area contributed by atoms with Crippen LogP contribution in [0.2, 0.25) is 0 Å². The fourth-order valence-electron chi connectivity index (χ4n) is 1.39. The van der Waals surface area contributed by atoms with E-state index < -0.39 is 12.0 Å². The lowest BCUT2D eigenvalue weighted by atomic mass is 10.2. The summed E-state index contributed by atoms with van der Waals surface area (Å²) in [7, 11) is 0. The van der Waals surface area contributed by atoms with Crippen LogP contribution in [0.3, 0.4) is 0 Å². The van der Waals surface area contributed by atoms with Crippen LogP contribution in [0.25, 0.3) is 0 Å². The van der Waals surface area contributed by atoms with Gasteiger partial charge in [0.05, 0.1) is 11.8 Å². The molecule has 2 unspecified atom stereocenters. The Kier molecular flexibility index (Phi) is 6.90. The van der Waals surface area contributed by atoms with E-state index in [1.165, 1.54) is 11.8 Å². The van der Waals surface area contributed by atoms with Gasteiger partial charge < -0.3 is 16.2 Å². The normalized spacial score (nSPS) is 13.8. The molecule has 0 aliphatic carbocycles. The highest BCUT2D eigenvalue weighted by atomic mass is 32.2. The number of carbonyl (C=O) groups is 2. The molecule has 19 heavy (non-hydrogen) atoms. The number of thiophene rings is 1. The molecular formula is C12H18N2O3S2. The molecule has 0 radical (unpaired) electrons. The van der Waals surface area contributed by atoms with Crippen LogP contribution < -0.4 is 11.1 Å². The first-order chi connectivity index (χ1) is 9.00. The number of rotatable bonds is 8. The number of aliphatic carboxylic acids is 1. The maximum absolute atomic E-state index is 11.7. The Morgan fingerprint density at radius 1 is 1.58 bits per heavy atom. The van der Waals surface area contributed by atoms with E-state index in [0.29, 0.717) is 17.9 Å². The fraction of sp³-hybridized carbons (Fsp3) is 0.500. The van der Waals surface area contributed by atoms with Gasteiger partial charge in [0.25, 0.3) is 0 Å². The Morgan fingerprint density at radius 2 is 2.32 bits per heavy atom. The number of amides is 1. The molecule has 0 bridgehead atoms. The summed E-state index contributed by atoms with van der Waals surface area (Å²) in [6.07, 6.45) is 0.369. The number of carboxylic acid groups (broad SMARTS) is 1. The molecule has 0 aliphatic rings. The van der Waals surface area contributed by atoms with Gasteiger partial charge in [0.1, 0.15) is 6.04 Å². The van der Waals surface area contributed by atoms with Crippen LogP contribution in [-0.4, -0.2) is 34.5 Å². The number of nitrogens with one attached hydrogen (secondary N) is 1. The summed E-state index contributed by atoms with van der Waals surface area (Å²) < 4.78 is 0. The minimum Gasteiger partial charge on any atom is -0.480 e. The predicted molar refractivity (Wildman–Crippen MR) is 78.4 cm³/mol. The Bertz CT molecular complexity index is 409. The fourth-order valence-corrected chi connectivity index (χ4v) is 2.96. The predicted octanol–water partition coefficient (Wildman–Crippen LogP) is 1.46. The summed E-state index contributed by atoms with van der Waals surface area (Å²) in [5.41, 5.74) is 5.37. The second-order valence-corrected chi connectivity index (χ2v) is 6.18. The zero-order valence-corrected chi connectivity index (χ0v) is 12.3. The molecule has 1 amide bonds. The number of hydrogen-bond acceptors (Lipinski definition) is 5. The summed E-state index contributed by atoms with van der Waals surface area (Å²) in [6, 6.07) is 3.09. The third-order valence-corrected chi connectivity index (χ3v) is 4.52. The Morgan fingerprint density at radius 3 is 2.89 bits per heavy atom. The van der Waals surface area contributed by atoms with Gasteiger partial charge in [-0.05, 0) is 30.5 Å². The molecular weight excluding hydrogens is 284 g/mol. The third kappa shape index (κ3) is 6.09. The van der Waals surface area contributed by atoms with Crippen molar-refractivity contribution < 1.29 is 14.7 Å². The minimum atomic E-state index is -1.00. The van der Waals surface area contributed by atoms with Crippen LogP contribution in [-0.2, 0) is 9.59 Å². The van der Waals surface area contributed by atoms with Gasteiger partial charge in [0.2, 0.25) is 5.91 Å². The SMILES string of the molecule is CC(NC(=O)CSCCC(N)C(=O)O)c1cccs1. The van der Waals surface area contributed by atoms with E-state index >= 15 is 0 Å². The molecule has 106 valence electrons. The van der Waals surface area contributed by atoms with Crippen LogP contribution in [0.1, 0.15) is 24.3 Å². The van der Waals surface area contributed by atoms with Gasteiger partial charge in [-0.25, -0.2) is 0 Å². The molecule has 2 atom stereocenters. The highest BCUT2D eigenvalue weighted by Crippen LogP contribution is 2.18. The number of thioether (sulfide) groups is 1. The average molecular weight is 302 g/mol. The van der Waals surface area contributed by atoms with Crippen molar-refractivity contribution in [3.63, 3.8) is 0 Å². The number of nitrogens with two attached hydrogens (primary N) is 1. The lowest BCUT2D eigenvalue weighted by molar-refractivity contribution is -0.138. The van der Waals surface area contributed by atoms with Gasteiger partial charge in [-0.15, -0.1) is 11.3 Å². The third-order valence-electron chi connectivity index (χ3n) is 2.47. The maximum atomic E-state index is 11.7. The summed E-state index contributed by atoms with van der Waals surface area (Å²) in [5, 5.41) is 13.5. The van der Waals surface area contributed by atoms with Crippen LogP contribution in [0.5, 0.6) is 0 Å². The molecule has 1 heterocycles. The van der Waals surface area contributed by atoms with Crippen molar-refractivity contribution in [1.29, 1.82) is 0 Å². The summed E-state index contributed by atoms with van der Waals surface area (Å²) >= 11 is 3.00. The van der Waals surface area contributed by atoms with Crippen LogP contribution >= 0.6 is 23.1 Å². The van der Waals surface area contributed by atoms with Gasteiger partial charge >= 0.3 is 5.97 Å². The summed E-state index contributed by atoms with van der Waals surface area (Å²) in [6.45, 7) is 1.94.